The molecule has 3 aromatic rings. The van der Waals surface area contributed by atoms with Crippen LogP contribution in [0.4, 0.5) is 0 Å². The van der Waals surface area contributed by atoms with Crippen molar-refractivity contribution in [1.29, 1.82) is 0 Å². The molecular formula is C30H35BN3O6S. The van der Waals surface area contributed by atoms with Crippen molar-refractivity contribution in [3.05, 3.63) is 77.9 Å². The number of benzene rings is 3. The van der Waals surface area contributed by atoms with Gasteiger partial charge in [0.25, 0.3) is 5.91 Å². The van der Waals surface area contributed by atoms with E-state index in [1.807, 2.05) is 37.6 Å². The molecule has 9 nitrogen and oxygen atoms in total. The number of sulfonamides is 1. The summed E-state index contributed by atoms with van der Waals surface area (Å²) in [6.07, 6.45) is 4.14. The first kappa shape index (κ1) is 29.1. The van der Waals surface area contributed by atoms with E-state index in [4.69, 9.17) is 9.47 Å². The second kappa shape index (κ2) is 13.1. The maximum atomic E-state index is 13.7. The zero-order valence-corrected chi connectivity index (χ0v) is 24.0. The average Bonchev–Trinajstić information content (AvgIpc) is 3.01. The Bertz CT molecular complexity index is 1440. The maximum absolute atomic E-state index is 13.7. The fraction of sp³-hybridized carbons (Fsp3) is 0.367. The summed E-state index contributed by atoms with van der Waals surface area (Å²) in [5.74, 6) is 0.631. The van der Waals surface area contributed by atoms with E-state index >= 15 is 0 Å². The average molecular weight is 577 g/mol. The number of nitrogens with zero attached hydrogens (tertiary/aromatic N) is 2. The Morgan fingerprint density at radius 1 is 0.951 bits per heavy atom. The number of likely N-dealkylation sites (tertiary alicyclic amines) is 1. The number of fused-ring (bicyclic) bond motifs is 1. The zero-order chi connectivity index (χ0) is 28.8. The van der Waals surface area contributed by atoms with Gasteiger partial charge in [-0.15, -0.1) is 0 Å². The van der Waals surface area contributed by atoms with Crippen molar-refractivity contribution in [3.63, 3.8) is 0 Å². The number of hydrogen-bond acceptors (Lipinski definition) is 7. The van der Waals surface area contributed by atoms with Crippen LogP contribution in [0.15, 0.2) is 71.6 Å². The van der Waals surface area contributed by atoms with Crippen LogP contribution in [-0.2, 0) is 21.2 Å². The first-order chi connectivity index (χ1) is 19.9. The van der Waals surface area contributed by atoms with Gasteiger partial charge in [0.1, 0.15) is 24.1 Å². The van der Waals surface area contributed by atoms with Gasteiger partial charge < -0.3 is 9.47 Å². The molecule has 1 radical (unpaired) electrons. The first-order valence-electron chi connectivity index (χ1n) is 13.9. The fourth-order valence-electron chi connectivity index (χ4n) is 5.50. The summed E-state index contributed by atoms with van der Waals surface area (Å²) in [7, 11) is -0.510. The van der Waals surface area contributed by atoms with Crippen LogP contribution in [0.2, 0.25) is 0 Å². The monoisotopic (exact) mass is 576 g/mol. The number of rotatable bonds is 10. The molecule has 2 N–H and O–H groups in total. The second-order valence-corrected chi connectivity index (χ2v) is 12.2. The van der Waals surface area contributed by atoms with Crippen LogP contribution < -0.4 is 25.9 Å². The minimum absolute atomic E-state index is 0.0706. The van der Waals surface area contributed by atoms with Gasteiger partial charge in [0.15, 0.2) is 7.28 Å². The smallest absolute Gasteiger partial charge is 0.266 e. The van der Waals surface area contributed by atoms with Crippen LogP contribution in [0.3, 0.4) is 0 Å². The Balaban J connectivity index is 1.30. The lowest BCUT2D eigenvalue weighted by Gasteiger charge is -2.35. The second-order valence-electron chi connectivity index (χ2n) is 10.3. The minimum atomic E-state index is -4.05. The predicted octanol–water partition coefficient (Wildman–Crippen LogP) is 2.01. The van der Waals surface area contributed by atoms with Crippen molar-refractivity contribution in [2.24, 2.45) is 0 Å². The number of hydroxylamine groups is 1. The highest BCUT2D eigenvalue weighted by molar-refractivity contribution is 7.89. The molecule has 5 rings (SSSR count). The summed E-state index contributed by atoms with van der Waals surface area (Å²) < 4.78 is 39.8. The summed E-state index contributed by atoms with van der Waals surface area (Å²) in [5, 5.41) is 9.51. The van der Waals surface area contributed by atoms with E-state index in [0.29, 0.717) is 24.3 Å². The molecule has 2 aliphatic rings. The van der Waals surface area contributed by atoms with E-state index in [1.54, 1.807) is 36.9 Å². The Hall–Kier alpha value is -3.38. The van der Waals surface area contributed by atoms with E-state index in [0.717, 1.165) is 46.2 Å². The fourth-order valence-corrected chi connectivity index (χ4v) is 7.07. The molecule has 215 valence electrons. The number of hydrogen-bond donors (Lipinski definition) is 2. The van der Waals surface area contributed by atoms with Gasteiger partial charge in [0.05, 0.1) is 12.0 Å². The van der Waals surface area contributed by atoms with Crippen LogP contribution in [0, 0.1) is 0 Å². The van der Waals surface area contributed by atoms with Crippen LogP contribution in [0.5, 0.6) is 11.5 Å². The zero-order valence-electron chi connectivity index (χ0n) is 23.2. The molecule has 1 unspecified atom stereocenters. The van der Waals surface area contributed by atoms with Gasteiger partial charge >= 0.3 is 0 Å². The highest BCUT2D eigenvalue weighted by atomic mass is 32.2. The number of amides is 1. The Morgan fingerprint density at radius 3 is 2.27 bits per heavy atom. The van der Waals surface area contributed by atoms with Crippen molar-refractivity contribution in [3.8, 4) is 11.5 Å². The van der Waals surface area contributed by atoms with Gasteiger partial charge in [-0.2, -0.15) is 4.31 Å². The predicted molar refractivity (Wildman–Crippen MR) is 157 cm³/mol. The Morgan fingerprint density at radius 2 is 1.61 bits per heavy atom. The third kappa shape index (κ3) is 6.75. The minimum Gasteiger partial charge on any atom is -0.497 e. The van der Waals surface area contributed by atoms with Crippen molar-refractivity contribution in [2.45, 2.75) is 36.6 Å². The SMILES string of the molecule is COc1ccc([B]c2ccc(S(=O)(=O)N3CCc4cc(OCCN5CCCCC5)ccc4C3C(=O)NO)cc2)cc1. The van der Waals surface area contributed by atoms with Crippen molar-refractivity contribution < 1.29 is 27.9 Å². The van der Waals surface area contributed by atoms with Crippen molar-refractivity contribution >= 4 is 34.1 Å². The van der Waals surface area contributed by atoms with E-state index < -0.39 is 22.0 Å². The number of methoxy groups -OCH3 is 1. The molecule has 2 aliphatic heterocycles. The maximum Gasteiger partial charge on any atom is 0.266 e. The topological polar surface area (TPSA) is 108 Å². The van der Waals surface area contributed by atoms with Gasteiger partial charge in [0.2, 0.25) is 10.0 Å². The molecule has 1 fully saturated rings. The third-order valence-electron chi connectivity index (χ3n) is 7.72. The molecule has 3 aromatic carbocycles. The molecule has 0 aliphatic carbocycles. The van der Waals surface area contributed by atoms with Crippen LogP contribution in [0.25, 0.3) is 0 Å². The number of carbonyl (C=O) groups is 1. The lowest BCUT2D eigenvalue weighted by Crippen LogP contribution is -2.46. The molecule has 41 heavy (non-hydrogen) atoms. The largest absolute Gasteiger partial charge is 0.497 e. The lowest BCUT2D eigenvalue weighted by molar-refractivity contribution is -0.133. The molecule has 1 saturated heterocycles. The molecule has 0 aromatic heterocycles. The lowest BCUT2D eigenvalue weighted by atomic mass is 9.64. The number of carbonyl (C=O) groups excluding carboxylic acids is 1. The van der Waals surface area contributed by atoms with E-state index in [9.17, 15) is 18.4 Å². The molecule has 1 atom stereocenters. The number of piperidine rings is 1. The van der Waals surface area contributed by atoms with Crippen LogP contribution in [0.1, 0.15) is 36.4 Å². The highest BCUT2D eigenvalue weighted by Gasteiger charge is 2.40. The van der Waals surface area contributed by atoms with Crippen LogP contribution >= 0.6 is 0 Å². The first-order valence-corrected chi connectivity index (χ1v) is 15.4. The van der Waals surface area contributed by atoms with Gasteiger partial charge in [-0.1, -0.05) is 47.7 Å². The van der Waals surface area contributed by atoms with Gasteiger partial charge in [-0.05, 0) is 79.9 Å². The summed E-state index contributed by atoms with van der Waals surface area (Å²) in [4.78, 5) is 15.3. The molecule has 0 bridgehead atoms. The van der Waals surface area contributed by atoms with Crippen molar-refractivity contribution in [1.82, 2.24) is 14.7 Å². The molecule has 1 amide bonds. The summed E-state index contributed by atoms with van der Waals surface area (Å²) in [6, 6.07) is 18.2. The molecular weight excluding hydrogens is 541 g/mol. The molecule has 11 heteroatoms. The number of ether oxygens (including phenoxy) is 2. The van der Waals surface area contributed by atoms with Gasteiger partial charge in [-0.25, -0.2) is 13.9 Å². The van der Waals surface area contributed by atoms with Crippen molar-refractivity contribution in [2.75, 3.05) is 39.9 Å². The molecule has 0 spiro atoms. The summed E-state index contributed by atoms with van der Waals surface area (Å²) in [5.41, 5.74) is 4.79. The molecule has 0 saturated carbocycles. The summed E-state index contributed by atoms with van der Waals surface area (Å²) >= 11 is 0. The molecule has 2 heterocycles. The summed E-state index contributed by atoms with van der Waals surface area (Å²) in [6.45, 7) is 3.70. The Kier molecular flexibility index (Phi) is 9.29. The Labute approximate surface area is 242 Å². The number of nitrogens with one attached hydrogen (secondary N) is 1. The van der Waals surface area contributed by atoms with E-state index in [2.05, 4.69) is 4.90 Å². The highest BCUT2D eigenvalue weighted by Crippen LogP contribution is 2.36. The third-order valence-corrected chi connectivity index (χ3v) is 9.60. The quantitative estimate of drug-likeness (QED) is 0.216. The van der Waals surface area contributed by atoms with Crippen LogP contribution in [-0.4, -0.2) is 75.9 Å². The normalized spacial score (nSPS) is 17.9. The van der Waals surface area contributed by atoms with E-state index in [1.165, 1.54) is 31.4 Å². The standard InChI is InChI=1S/C30H35BN3O6S/c1-39-25-9-5-23(6-10-25)31-24-7-12-27(13-8-24)41(37,38)34-18-15-22-21-26(11-14-28(22)29(34)30(35)32-36)40-20-19-33-16-3-2-4-17-33/h5-14,21,29,36H,2-4,15-20H2,1H3,(H,32,35). The van der Waals surface area contributed by atoms with E-state index in [-0.39, 0.29) is 11.4 Å². The van der Waals surface area contributed by atoms with Gasteiger partial charge in [0, 0.05) is 13.1 Å². The van der Waals surface area contributed by atoms with Gasteiger partial charge in [-0.3, -0.25) is 14.9 Å².